The maximum Gasteiger partial charge on any atom is 0.313 e. The zero-order valence-corrected chi connectivity index (χ0v) is 9.79. The number of aromatic nitrogens is 1. The minimum Gasteiger partial charge on any atom is -0.447 e. The van der Waals surface area contributed by atoms with Crippen molar-refractivity contribution in [3.8, 4) is 11.5 Å². The van der Waals surface area contributed by atoms with E-state index < -0.39 is 4.92 Å². The molecule has 0 unspecified atom stereocenters. The van der Waals surface area contributed by atoms with Crippen LogP contribution >= 0.6 is 11.6 Å². The summed E-state index contributed by atoms with van der Waals surface area (Å²) in [6, 6.07) is 5.79. The topological polar surface area (TPSA) is 91.3 Å². The van der Waals surface area contributed by atoms with E-state index in [9.17, 15) is 10.1 Å². The highest BCUT2D eigenvalue weighted by Crippen LogP contribution is 2.37. The van der Waals surface area contributed by atoms with E-state index >= 15 is 0 Å². The SMILES string of the molecule is Nc1cncc(Oc2c(Cl)cccc2[N+](=O)[O-])c1. The molecule has 6 nitrogen and oxygen atoms in total. The first-order valence-electron chi connectivity index (χ1n) is 4.89. The Hall–Kier alpha value is -2.34. The number of halogens is 1. The molecule has 0 aliphatic rings. The van der Waals surface area contributed by atoms with Crippen molar-refractivity contribution >= 4 is 23.0 Å². The molecule has 1 aromatic heterocycles. The molecule has 18 heavy (non-hydrogen) atoms. The molecule has 1 aromatic carbocycles. The van der Waals surface area contributed by atoms with Gasteiger partial charge in [0.25, 0.3) is 0 Å². The number of ether oxygens (including phenoxy) is 1. The van der Waals surface area contributed by atoms with Crippen LogP contribution in [0.2, 0.25) is 5.02 Å². The Bertz CT molecular complexity index is 604. The maximum atomic E-state index is 10.9. The number of rotatable bonds is 3. The van der Waals surface area contributed by atoms with Gasteiger partial charge in [0, 0.05) is 12.1 Å². The third-order valence-electron chi connectivity index (χ3n) is 2.10. The van der Waals surface area contributed by atoms with Gasteiger partial charge in [0.2, 0.25) is 5.75 Å². The average molecular weight is 266 g/mol. The van der Waals surface area contributed by atoms with Crippen LogP contribution < -0.4 is 10.5 Å². The lowest BCUT2D eigenvalue weighted by Gasteiger charge is -2.07. The monoisotopic (exact) mass is 265 g/mol. The van der Waals surface area contributed by atoms with Crippen molar-refractivity contribution in [2.24, 2.45) is 0 Å². The zero-order valence-electron chi connectivity index (χ0n) is 9.04. The number of anilines is 1. The highest BCUT2D eigenvalue weighted by Gasteiger charge is 2.19. The number of para-hydroxylation sites is 1. The molecule has 0 aliphatic carbocycles. The summed E-state index contributed by atoms with van der Waals surface area (Å²) in [5.41, 5.74) is 5.71. The fraction of sp³-hybridized carbons (Fsp3) is 0. The molecule has 0 saturated carbocycles. The Kier molecular flexibility index (Phi) is 3.29. The number of nitro benzene ring substituents is 1. The summed E-state index contributed by atoms with van der Waals surface area (Å²) in [5.74, 6) is 0.253. The van der Waals surface area contributed by atoms with Crippen LogP contribution in [0.5, 0.6) is 11.5 Å². The molecule has 0 atom stereocenters. The molecular weight excluding hydrogens is 258 g/mol. The van der Waals surface area contributed by atoms with E-state index in [1.165, 1.54) is 36.7 Å². The Labute approximate surface area is 107 Å². The minimum absolute atomic E-state index is 0.0310. The fourth-order valence-corrected chi connectivity index (χ4v) is 1.56. The molecule has 92 valence electrons. The number of nitrogens with zero attached hydrogens (tertiary/aromatic N) is 2. The molecule has 2 rings (SSSR count). The average Bonchev–Trinajstić information content (AvgIpc) is 2.31. The summed E-state index contributed by atoms with van der Waals surface area (Å²) in [5, 5.41) is 11.0. The summed E-state index contributed by atoms with van der Waals surface area (Å²) in [6.45, 7) is 0. The van der Waals surface area contributed by atoms with E-state index in [-0.39, 0.29) is 22.2 Å². The molecule has 0 amide bonds. The number of nitrogen functional groups attached to an aromatic ring is 1. The number of nitrogens with two attached hydrogens (primary N) is 1. The van der Waals surface area contributed by atoms with Crippen molar-refractivity contribution in [3.63, 3.8) is 0 Å². The lowest BCUT2D eigenvalue weighted by Crippen LogP contribution is -1.95. The molecule has 7 heteroatoms. The summed E-state index contributed by atoms with van der Waals surface area (Å²) in [4.78, 5) is 14.1. The van der Waals surface area contributed by atoms with E-state index in [0.29, 0.717) is 5.69 Å². The minimum atomic E-state index is -0.569. The molecule has 0 radical (unpaired) electrons. The molecule has 0 bridgehead atoms. The number of benzene rings is 1. The Morgan fingerprint density at radius 1 is 1.39 bits per heavy atom. The van der Waals surface area contributed by atoms with Crippen LogP contribution in [0.1, 0.15) is 0 Å². The molecule has 0 saturated heterocycles. The van der Waals surface area contributed by atoms with Gasteiger partial charge < -0.3 is 10.5 Å². The van der Waals surface area contributed by atoms with E-state index in [0.717, 1.165) is 0 Å². The van der Waals surface area contributed by atoms with Gasteiger partial charge in [-0.3, -0.25) is 15.1 Å². The predicted octanol–water partition coefficient (Wildman–Crippen LogP) is 3.02. The Morgan fingerprint density at radius 3 is 2.83 bits per heavy atom. The van der Waals surface area contributed by atoms with Crippen LogP contribution in [0, 0.1) is 10.1 Å². The van der Waals surface area contributed by atoms with Crippen LogP contribution in [-0.4, -0.2) is 9.91 Å². The first-order valence-corrected chi connectivity index (χ1v) is 5.27. The number of hydrogen-bond donors (Lipinski definition) is 1. The summed E-state index contributed by atoms with van der Waals surface area (Å²) >= 11 is 5.88. The van der Waals surface area contributed by atoms with Crippen LogP contribution in [0.4, 0.5) is 11.4 Å². The van der Waals surface area contributed by atoms with Crippen molar-refractivity contribution in [3.05, 3.63) is 51.8 Å². The van der Waals surface area contributed by atoms with Gasteiger partial charge in [-0.25, -0.2) is 0 Å². The lowest BCUT2D eigenvalue weighted by molar-refractivity contribution is -0.385. The molecule has 0 fully saturated rings. The molecule has 2 N–H and O–H groups in total. The van der Waals surface area contributed by atoms with Crippen LogP contribution in [0.3, 0.4) is 0 Å². The van der Waals surface area contributed by atoms with E-state index in [1.807, 2.05) is 0 Å². The molecular formula is C11H8ClN3O3. The van der Waals surface area contributed by atoms with Crippen molar-refractivity contribution < 1.29 is 9.66 Å². The van der Waals surface area contributed by atoms with Gasteiger partial charge in [-0.1, -0.05) is 17.7 Å². The second kappa shape index (κ2) is 4.89. The van der Waals surface area contributed by atoms with Crippen molar-refractivity contribution in [1.82, 2.24) is 4.98 Å². The first kappa shape index (κ1) is 12.1. The third kappa shape index (κ3) is 2.49. The molecule has 0 spiro atoms. The van der Waals surface area contributed by atoms with Crippen LogP contribution in [-0.2, 0) is 0 Å². The standard InChI is InChI=1S/C11H8ClN3O3/c12-9-2-1-3-10(15(16)17)11(9)18-8-4-7(13)5-14-6-8/h1-6H,13H2. The van der Waals surface area contributed by atoms with Crippen molar-refractivity contribution in [2.45, 2.75) is 0 Å². The second-order valence-corrected chi connectivity index (χ2v) is 3.81. The Balaban J connectivity index is 2.42. The lowest BCUT2D eigenvalue weighted by atomic mass is 10.3. The van der Waals surface area contributed by atoms with Crippen LogP contribution in [0.25, 0.3) is 0 Å². The molecule has 2 aromatic rings. The summed E-state index contributed by atoms with van der Waals surface area (Å²) in [6.07, 6.45) is 2.83. The Morgan fingerprint density at radius 2 is 2.17 bits per heavy atom. The second-order valence-electron chi connectivity index (χ2n) is 3.40. The summed E-state index contributed by atoms with van der Waals surface area (Å²) in [7, 11) is 0. The van der Waals surface area contributed by atoms with Gasteiger partial charge in [0.1, 0.15) is 5.75 Å². The van der Waals surface area contributed by atoms with Gasteiger partial charge in [0.15, 0.2) is 0 Å². The van der Waals surface area contributed by atoms with E-state index in [1.54, 1.807) is 0 Å². The fourth-order valence-electron chi connectivity index (χ4n) is 1.35. The number of nitro groups is 1. The quantitative estimate of drug-likeness (QED) is 0.680. The normalized spacial score (nSPS) is 10.1. The van der Waals surface area contributed by atoms with Gasteiger partial charge in [-0.15, -0.1) is 0 Å². The van der Waals surface area contributed by atoms with E-state index in [4.69, 9.17) is 22.1 Å². The van der Waals surface area contributed by atoms with Crippen molar-refractivity contribution in [2.75, 3.05) is 5.73 Å². The van der Waals surface area contributed by atoms with Gasteiger partial charge >= 0.3 is 5.69 Å². The zero-order chi connectivity index (χ0) is 13.1. The smallest absolute Gasteiger partial charge is 0.313 e. The maximum absolute atomic E-state index is 10.9. The van der Waals surface area contributed by atoms with E-state index in [2.05, 4.69) is 4.98 Å². The first-order chi connectivity index (χ1) is 8.58. The highest BCUT2D eigenvalue weighted by molar-refractivity contribution is 6.32. The van der Waals surface area contributed by atoms with Crippen molar-refractivity contribution in [1.29, 1.82) is 0 Å². The van der Waals surface area contributed by atoms with Gasteiger partial charge in [-0.05, 0) is 6.07 Å². The molecule has 0 aliphatic heterocycles. The third-order valence-corrected chi connectivity index (χ3v) is 2.39. The molecule has 1 heterocycles. The largest absolute Gasteiger partial charge is 0.447 e. The van der Waals surface area contributed by atoms with Gasteiger partial charge in [0.05, 0.1) is 28.0 Å². The summed E-state index contributed by atoms with van der Waals surface area (Å²) < 4.78 is 5.37. The number of hydrogen-bond acceptors (Lipinski definition) is 5. The highest BCUT2D eigenvalue weighted by atomic mass is 35.5. The predicted molar refractivity (Wildman–Crippen MR) is 66.8 cm³/mol. The van der Waals surface area contributed by atoms with Crippen LogP contribution in [0.15, 0.2) is 36.7 Å². The number of pyridine rings is 1. The van der Waals surface area contributed by atoms with Gasteiger partial charge in [-0.2, -0.15) is 0 Å².